The van der Waals surface area contributed by atoms with E-state index >= 15 is 4.39 Å². The summed E-state index contributed by atoms with van der Waals surface area (Å²) in [7, 11) is 2.81. The molecule has 2 aromatic heterocycles. The Hall–Kier alpha value is -4.31. The highest BCUT2D eigenvalue weighted by Gasteiger charge is 2.34. The number of anilines is 1. The number of nitrogens with one attached hydrogen (secondary N) is 1. The minimum Gasteiger partial charge on any atom is -0.493 e. The summed E-state index contributed by atoms with van der Waals surface area (Å²) < 4.78 is 25.1. The number of benzene rings is 2. The fourth-order valence-electron chi connectivity index (χ4n) is 6.05. The van der Waals surface area contributed by atoms with Gasteiger partial charge >= 0.3 is 5.97 Å². The normalized spacial score (nSPS) is 17.3. The number of hydrogen-bond donors (Lipinski definition) is 3. The lowest BCUT2D eigenvalue weighted by molar-refractivity contribution is 0.0694. The Kier molecular flexibility index (Phi) is 8.58. The molecule has 13 nitrogen and oxygen atoms in total. The van der Waals surface area contributed by atoms with Crippen molar-refractivity contribution in [1.82, 2.24) is 19.5 Å². The van der Waals surface area contributed by atoms with E-state index in [2.05, 4.69) is 20.6 Å². The van der Waals surface area contributed by atoms with Crippen LogP contribution in [0.5, 0.6) is 11.6 Å². The van der Waals surface area contributed by atoms with E-state index in [0.29, 0.717) is 41.1 Å². The molecule has 1 aliphatic heterocycles. The first kappa shape index (κ1) is 31.7. The lowest BCUT2D eigenvalue weighted by atomic mass is 10.1. The summed E-state index contributed by atoms with van der Waals surface area (Å²) in [6, 6.07) is 6.19. The zero-order valence-electron chi connectivity index (χ0n) is 25.2. The average molecular weight is 672 g/mol. The number of piperazine rings is 1. The number of fused-ring (bicyclic) bond motifs is 2. The SMILES string of the molecule is CONC(=S)N=Nc1c(O)n(CN2CCN(c3c(F)cc4c(=O)c(C(=O)O)cn(C5CC5)c4c3OC)CC2C)c2ccc(Cl)cc12. The van der Waals surface area contributed by atoms with Crippen molar-refractivity contribution in [1.29, 1.82) is 0 Å². The number of carboxylic acid groups (broad SMARTS) is 1. The molecule has 1 saturated carbocycles. The number of ether oxygens (including phenoxy) is 1. The molecule has 16 heteroatoms. The molecule has 3 heterocycles. The molecule has 2 aliphatic rings. The number of aromatic nitrogens is 2. The smallest absolute Gasteiger partial charge is 0.341 e. The second-order valence-electron chi connectivity index (χ2n) is 11.3. The number of carboxylic acids is 1. The fourth-order valence-corrected chi connectivity index (χ4v) is 6.35. The van der Waals surface area contributed by atoms with Crippen LogP contribution in [0.4, 0.5) is 15.8 Å². The summed E-state index contributed by atoms with van der Waals surface area (Å²) in [6.45, 7) is 3.56. The number of thiocarbonyl (C=S) groups is 1. The van der Waals surface area contributed by atoms with Crippen molar-refractivity contribution in [3.05, 3.63) is 57.1 Å². The topological polar surface area (TPSA) is 146 Å². The molecule has 1 unspecified atom stereocenters. The molecule has 2 fully saturated rings. The van der Waals surface area contributed by atoms with Gasteiger partial charge in [0.25, 0.3) is 0 Å². The van der Waals surface area contributed by atoms with Crippen molar-refractivity contribution in [3.63, 3.8) is 0 Å². The van der Waals surface area contributed by atoms with Gasteiger partial charge < -0.3 is 24.4 Å². The Bertz CT molecular complexity index is 1980. The lowest BCUT2D eigenvalue weighted by Crippen LogP contribution is -2.52. The van der Waals surface area contributed by atoms with Crippen LogP contribution in [0.25, 0.3) is 21.8 Å². The maximum atomic E-state index is 15.9. The van der Waals surface area contributed by atoms with Gasteiger partial charge in [0.05, 0.1) is 37.3 Å². The number of aromatic hydroxyl groups is 1. The van der Waals surface area contributed by atoms with Crippen LogP contribution in [0.1, 0.15) is 36.2 Å². The molecular weight excluding hydrogens is 641 g/mol. The molecule has 3 N–H and O–H groups in total. The van der Waals surface area contributed by atoms with Crippen molar-refractivity contribution < 1.29 is 29.0 Å². The van der Waals surface area contributed by atoms with Crippen LogP contribution < -0.4 is 20.5 Å². The van der Waals surface area contributed by atoms with Crippen molar-refractivity contribution in [2.45, 2.75) is 38.5 Å². The molecule has 0 amide bonds. The minimum absolute atomic E-state index is 0.000575. The number of nitrogens with zero attached hydrogens (tertiary/aromatic N) is 6. The monoisotopic (exact) mass is 671 g/mol. The standard InChI is InChI=1S/C30H31ClFN7O6S/c1-15-12-36(25-21(32)11-19-24(27(25)44-2)38(17-5-6-17)13-20(26(19)40)29(42)43)8-9-37(15)14-39-22-7-4-16(31)10-18(22)23(28(39)41)33-34-30(46)35-45-3/h4,7,10-11,13,15,17,41H,5-6,8-9,12,14H2,1-3H3,(H,35,46)(H,42,43). The summed E-state index contributed by atoms with van der Waals surface area (Å²) in [6.07, 6.45) is 2.97. The first-order chi connectivity index (χ1) is 22.0. The number of rotatable bonds is 8. The van der Waals surface area contributed by atoms with E-state index in [-0.39, 0.29) is 52.3 Å². The van der Waals surface area contributed by atoms with Gasteiger partial charge in [-0.3, -0.25) is 19.1 Å². The van der Waals surface area contributed by atoms with Crippen LogP contribution in [0.3, 0.4) is 0 Å². The lowest BCUT2D eigenvalue weighted by Gasteiger charge is -2.41. The number of azo groups is 1. The van der Waals surface area contributed by atoms with E-state index in [4.69, 9.17) is 33.4 Å². The number of aromatic carboxylic acids is 1. The van der Waals surface area contributed by atoms with E-state index in [1.165, 1.54) is 20.4 Å². The average Bonchev–Trinajstić information content (AvgIpc) is 3.83. The molecule has 6 rings (SSSR count). The molecule has 242 valence electrons. The molecule has 1 saturated heterocycles. The summed E-state index contributed by atoms with van der Waals surface area (Å²) in [5, 5.41) is 29.9. The zero-order chi connectivity index (χ0) is 32.9. The minimum atomic E-state index is -1.36. The second-order valence-corrected chi connectivity index (χ2v) is 12.1. The van der Waals surface area contributed by atoms with E-state index < -0.39 is 22.8 Å². The molecule has 1 aliphatic carbocycles. The number of methoxy groups -OCH3 is 1. The van der Waals surface area contributed by atoms with E-state index in [9.17, 15) is 19.8 Å². The second kappa shape index (κ2) is 12.5. The number of hydroxylamine groups is 1. The molecular formula is C30H31ClFN7O6S. The maximum absolute atomic E-state index is 15.9. The van der Waals surface area contributed by atoms with Crippen LogP contribution in [-0.4, -0.2) is 75.2 Å². The predicted octanol–water partition coefficient (Wildman–Crippen LogP) is 5.18. The quantitative estimate of drug-likeness (QED) is 0.130. The number of hydrogen-bond acceptors (Lipinski definition) is 9. The number of pyridine rings is 1. The molecule has 2 aromatic carbocycles. The Balaban J connectivity index is 1.32. The molecule has 0 bridgehead atoms. The highest BCUT2D eigenvalue weighted by atomic mass is 35.5. The van der Waals surface area contributed by atoms with Gasteiger partial charge in [0, 0.05) is 48.3 Å². The van der Waals surface area contributed by atoms with Crippen LogP contribution in [-0.2, 0) is 11.5 Å². The third-order valence-electron chi connectivity index (χ3n) is 8.38. The van der Waals surface area contributed by atoms with E-state index in [1.54, 1.807) is 27.3 Å². The Labute approximate surface area is 272 Å². The number of halogens is 2. The molecule has 1 atom stereocenters. The van der Waals surface area contributed by atoms with Crippen LogP contribution in [0.15, 0.2) is 45.5 Å². The van der Waals surface area contributed by atoms with Gasteiger partial charge in [-0.1, -0.05) is 11.6 Å². The molecule has 0 radical (unpaired) electrons. The van der Waals surface area contributed by atoms with Crippen molar-refractivity contribution in [2.75, 3.05) is 38.8 Å². The van der Waals surface area contributed by atoms with Gasteiger partial charge in [-0.05, 0) is 56.2 Å². The first-order valence-corrected chi connectivity index (χ1v) is 15.3. The Morgan fingerprint density at radius 1 is 1.22 bits per heavy atom. The number of carbonyl (C=O) groups is 1. The van der Waals surface area contributed by atoms with Crippen LogP contribution in [0.2, 0.25) is 5.02 Å². The fraction of sp³-hybridized carbons (Fsp3) is 0.367. The third-order valence-corrected chi connectivity index (χ3v) is 8.78. The van der Waals surface area contributed by atoms with Gasteiger partial charge in [-0.25, -0.2) is 14.7 Å². The van der Waals surface area contributed by atoms with Gasteiger partial charge in [0.15, 0.2) is 17.3 Å². The predicted molar refractivity (Wildman–Crippen MR) is 174 cm³/mol. The zero-order valence-corrected chi connectivity index (χ0v) is 26.7. The van der Waals surface area contributed by atoms with Crippen molar-refractivity contribution >= 4 is 68.1 Å². The Morgan fingerprint density at radius 3 is 2.63 bits per heavy atom. The van der Waals surface area contributed by atoms with Gasteiger partial charge in [0.2, 0.25) is 16.4 Å². The summed E-state index contributed by atoms with van der Waals surface area (Å²) in [5.74, 6) is -1.97. The maximum Gasteiger partial charge on any atom is 0.341 e. The van der Waals surface area contributed by atoms with Crippen LogP contribution in [0, 0.1) is 5.82 Å². The molecule has 0 spiro atoms. The largest absolute Gasteiger partial charge is 0.493 e. The molecule has 4 aromatic rings. The highest BCUT2D eigenvalue weighted by molar-refractivity contribution is 7.80. The van der Waals surface area contributed by atoms with Gasteiger partial charge in [0.1, 0.15) is 11.3 Å². The summed E-state index contributed by atoms with van der Waals surface area (Å²) in [4.78, 5) is 33.7. The highest BCUT2D eigenvalue weighted by Crippen LogP contribution is 2.44. The van der Waals surface area contributed by atoms with Crippen LogP contribution >= 0.6 is 23.8 Å². The van der Waals surface area contributed by atoms with Gasteiger partial charge in [-0.2, -0.15) is 0 Å². The molecule has 46 heavy (non-hydrogen) atoms. The third kappa shape index (κ3) is 5.63. The Morgan fingerprint density at radius 2 is 1.98 bits per heavy atom. The summed E-state index contributed by atoms with van der Waals surface area (Å²) in [5.41, 5.74) is 2.71. The summed E-state index contributed by atoms with van der Waals surface area (Å²) >= 11 is 11.3. The first-order valence-electron chi connectivity index (χ1n) is 14.5. The van der Waals surface area contributed by atoms with E-state index in [0.717, 1.165) is 18.9 Å². The van der Waals surface area contributed by atoms with E-state index in [1.807, 2.05) is 11.8 Å². The van der Waals surface area contributed by atoms with Crippen molar-refractivity contribution in [2.24, 2.45) is 10.2 Å². The van der Waals surface area contributed by atoms with Gasteiger partial charge in [-0.15, -0.1) is 10.2 Å². The van der Waals surface area contributed by atoms with Crippen molar-refractivity contribution in [3.8, 4) is 11.6 Å².